The van der Waals surface area contributed by atoms with Crippen LogP contribution in [0.5, 0.6) is 0 Å². The average Bonchev–Trinajstić information content (AvgIpc) is 3.62. The summed E-state index contributed by atoms with van der Waals surface area (Å²) in [6, 6.07) is 11.5. The number of aromatic nitrogens is 5. The highest BCUT2D eigenvalue weighted by molar-refractivity contribution is 7.17. The maximum Gasteiger partial charge on any atom is 0.267 e. The number of hydrogen-bond donors (Lipinski definition) is 4. The van der Waals surface area contributed by atoms with Crippen LogP contribution in [0.4, 0.5) is 22.5 Å². The van der Waals surface area contributed by atoms with Gasteiger partial charge in [0, 0.05) is 11.1 Å². The van der Waals surface area contributed by atoms with Gasteiger partial charge in [-0.2, -0.15) is 0 Å². The maximum absolute atomic E-state index is 12.9. The highest BCUT2D eigenvalue weighted by Gasteiger charge is 2.17. The first-order chi connectivity index (χ1) is 17.4. The van der Waals surface area contributed by atoms with Crippen LogP contribution in [0.1, 0.15) is 41.0 Å². The van der Waals surface area contributed by atoms with E-state index >= 15 is 0 Å². The number of anilines is 4. The minimum absolute atomic E-state index is 0.247. The maximum atomic E-state index is 12.9. The number of amides is 1. The number of nitrogens with two attached hydrogens (primary N) is 1. The van der Waals surface area contributed by atoms with E-state index in [1.807, 2.05) is 42.6 Å². The van der Waals surface area contributed by atoms with Crippen LogP contribution >= 0.6 is 22.7 Å². The second kappa shape index (κ2) is 9.88. The van der Waals surface area contributed by atoms with Crippen molar-refractivity contribution in [1.29, 1.82) is 0 Å². The Hall–Kier alpha value is -4.09. The molecule has 0 bridgehead atoms. The molecule has 5 aromatic rings. The van der Waals surface area contributed by atoms with E-state index in [-0.39, 0.29) is 11.8 Å². The smallest absolute Gasteiger partial charge is 0.267 e. The van der Waals surface area contributed by atoms with Crippen molar-refractivity contribution in [3.63, 3.8) is 0 Å². The summed E-state index contributed by atoms with van der Waals surface area (Å²) in [6.45, 7) is 6.10. The molecule has 0 atom stereocenters. The van der Waals surface area contributed by atoms with Gasteiger partial charge in [0.05, 0.1) is 34.7 Å². The number of thiazole rings is 1. The summed E-state index contributed by atoms with van der Waals surface area (Å²) < 4.78 is 0. The van der Waals surface area contributed by atoms with Crippen LogP contribution in [0.3, 0.4) is 0 Å². The summed E-state index contributed by atoms with van der Waals surface area (Å²) in [5.74, 6) is 1.17. The van der Waals surface area contributed by atoms with Gasteiger partial charge in [-0.25, -0.2) is 19.9 Å². The van der Waals surface area contributed by atoms with Gasteiger partial charge < -0.3 is 21.4 Å². The predicted molar refractivity (Wildman–Crippen MR) is 146 cm³/mol. The van der Waals surface area contributed by atoms with E-state index in [4.69, 9.17) is 5.73 Å². The van der Waals surface area contributed by atoms with Crippen LogP contribution in [0.25, 0.3) is 21.8 Å². The Bertz CT molecular complexity index is 1520. The zero-order valence-corrected chi connectivity index (χ0v) is 21.5. The summed E-state index contributed by atoms with van der Waals surface area (Å²) in [5, 5.41) is 8.50. The van der Waals surface area contributed by atoms with E-state index in [0.717, 1.165) is 33.3 Å². The van der Waals surface area contributed by atoms with Crippen molar-refractivity contribution in [3.05, 3.63) is 70.6 Å². The van der Waals surface area contributed by atoms with Crippen molar-refractivity contribution < 1.29 is 4.79 Å². The second-order valence-corrected chi connectivity index (χ2v) is 10.4. The third-order valence-corrected chi connectivity index (χ3v) is 7.19. The van der Waals surface area contributed by atoms with E-state index in [2.05, 4.69) is 49.4 Å². The number of aromatic amines is 1. The van der Waals surface area contributed by atoms with Gasteiger partial charge in [0.25, 0.3) is 5.91 Å². The lowest BCUT2D eigenvalue weighted by molar-refractivity contribution is 0.103. The number of carbonyl (C=O) groups is 1. The highest BCUT2D eigenvalue weighted by atomic mass is 32.1. The minimum atomic E-state index is -0.292. The summed E-state index contributed by atoms with van der Waals surface area (Å²) in [5.41, 5.74) is 10.7. The van der Waals surface area contributed by atoms with Crippen molar-refractivity contribution in [1.82, 2.24) is 24.9 Å². The standard InChI is InChI=1S/C25H24N8OS2/c1-13(2)21-22(30-14(3)29-21)17-8-9-27-24(32-17)33-25-28-12-20(36-25)23(34)31-18-11-15(6-7-16(18)26)19-5-4-10-35-19/h4-13H,26H2,1-3H3,(H,29,30)(H,31,34)(H,27,28,32,33). The third-order valence-electron chi connectivity index (χ3n) is 5.36. The molecule has 1 amide bonds. The molecule has 0 aliphatic rings. The van der Waals surface area contributed by atoms with E-state index < -0.39 is 0 Å². The van der Waals surface area contributed by atoms with Gasteiger partial charge in [-0.1, -0.05) is 37.3 Å². The Morgan fingerprint density at radius 3 is 2.78 bits per heavy atom. The molecule has 0 unspecified atom stereocenters. The molecular weight excluding hydrogens is 492 g/mol. The number of thiophene rings is 1. The fraction of sp³-hybridized carbons (Fsp3) is 0.160. The van der Waals surface area contributed by atoms with Crippen molar-refractivity contribution in [2.24, 2.45) is 0 Å². The molecular formula is C25H24N8OS2. The Kier molecular flexibility index (Phi) is 6.49. The van der Waals surface area contributed by atoms with Crippen molar-refractivity contribution in [2.45, 2.75) is 26.7 Å². The normalized spacial score (nSPS) is 11.1. The van der Waals surface area contributed by atoms with Crippen LogP contribution in [0, 0.1) is 6.92 Å². The Morgan fingerprint density at radius 2 is 2.00 bits per heavy atom. The van der Waals surface area contributed by atoms with Crippen molar-refractivity contribution in [3.8, 4) is 21.8 Å². The lowest BCUT2D eigenvalue weighted by atomic mass is 10.1. The minimum Gasteiger partial charge on any atom is -0.397 e. The number of hydrogen-bond acceptors (Lipinski definition) is 9. The van der Waals surface area contributed by atoms with E-state index in [0.29, 0.717) is 27.3 Å². The molecule has 36 heavy (non-hydrogen) atoms. The number of nitrogens with zero attached hydrogens (tertiary/aromatic N) is 4. The average molecular weight is 517 g/mol. The quantitative estimate of drug-likeness (QED) is 0.193. The van der Waals surface area contributed by atoms with E-state index in [9.17, 15) is 4.79 Å². The molecule has 4 aromatic heterocycles. The fourth-order valence-corrected chi connectivity index (χ4v) is 5.09. The molecule has 5 N–H and O–H groups in total. The first-order valence-corrected chi connectivity index (χ1v) is 12.9. The third kappa shape index (κ3) is 4.97. The number of carbonyl (C=O) groups excluding carboxylic acids is 1. The van der Waals surface area contributed by atoms with Gasteiger partial charge in [0.15, 0.2) is 5.13 Å². The molecule has 5 rings (SSSR count). The van der Waals surface area contributed by atoms with Gasteiger partial charge in [-0.15, -0.1) is 11.3 Å². The predicted octanol–water partition coefficient (Wildman–Crippen LogP) is 6.06. The summed E-state index contributed by atoms with van der Waals surface area (Å²) in [4.78, 5) is 35.6. The SMILES string of the molecule is Cc1nc(C(C)C)c(-c2ccnc(Nc3ncc(C(=O)Nc4cc(-c5cccs5)ccc4N)s3)n2)[nH]1. The van der Waals surface area contributed by atoms with Crippen LogP contribution in [-0.2, 0) is 0 Å². The molecule has 0 radical (unpaired) electrons. The Balaban J connectivity index is 1.32. The molecule has 0 aliphatic carbocycles. The number of aryl methyl sites for hydroxylation is 1. The summed E-state index contributed by atoms with van der Waals surface area (Å²) in [6.07, 6.45) is 3.19. The lowest BCUT2D eigenvalue weighted by Gasteiger charge is -2.09. The zero-order valence-electron chi connectivity index (χ0n) is 19.9. The molecule has 0 fully saturated rings. The molecule has 0 aliphatic heterocycles. The molecule has 1 aromatic carbocycles. The van der Waals surface area contributed by atoms with Gasteiger partial charge >= 0.3 is 0 Å². The molecule has 11 heteroatoms. The zero-order chi connectivity index (χ0) is 25.2. The van der Waals surface area contributed by atoms with Gasteiger partial charge in [0.2, 0.25) is 5.95 Å². The molecule has 0 spiro atoms. The monoisotopic (exact) mass is 516 g/mol. The number of rotatable bonds is 7. The highest BCUT2D eigenvalue weighted by Crippen LogP contribution is 2.31. The van der Waals surface area contributed by atoms with Crippen LogP contribution in [0.15, 0.2) is 54.2 Å². The molecule has 0 saturated heterocycles. The Labute approximate surface area is 215 Å². The summed E-state index contributed by atoms with van der Waals surface area (Å²) >= 11 is 2.83. The number of nitrogens with one attached hydrogen (secondary N) is 3. The molecule has 182 valence electrons. The largest absolute Gasteiger partial charge is 0.397 e. The molecule has 0 saturated carbocycles. The lowest BCUT2D eigenvalue weighted by Crippen LogP contribution is -2.11. The molecule has 4 heterocycles. The Morgan fingerprint density at radius 1 is 1.14 bits per heavy atom. The number of H-pyrrole nitrogens is 1. The van der Waals surface area contributed by atoms with Crippen LogP contribution in [-0.4, -0.2) is 30.8 Å². The van der Waals surface area contributed by atoms with Gasteiger partial charge in [0.1, 0.15) is 10.7 Å². The fourth-order valence-electron chi connectivity index (χ4n) is 3.66. The van der Waals surface area contributed by atoms with Crippen molar-refractivity contribution >= 4 is 51.0 Å². The molecule has 9 nitrogen and oxygen atoms in total. The van der Waals surface area contributed by atoms with Crippen molar-refractivity contribution in [2.75, 3.05) is 16.4 Å². The van der Waals surface area contributed by atoms with Crippen LogP contribution in [0.2, 0.25) is 0 Å². The first-order valence-electron chi connectivity index (χ1n) is 11.2. The van der Waals surface area contributed by atoms with Crippen LogP contribution < -0.4 is 16.4 Å². The van der Waals surface area contributed by atoms with E-state index in [1.165, 1.54) is 17.5 Å². The van der Waals surface area contributed by atoms with E-state index in [1.54, 1.807) is 23.6 Å². The van der Waals surface area contributed by atoms with Gasteiger partial charge in [-0.3, -0.25) is 4.79 Å². The second-order valence-electron chi connectivity index (χ2n) is 8.39. The summed E-state index contributed by atoms with van der Waals surface area (Å²) in [7, 11) is 0. The first kappa shape index (κ1) is 23.6. The number of benzene rings is 1. The number of nitrogen functional groups attached to an aromatic ring is 1. The van der Waals surface area contributed by atoms with Gasteiger partial charge in [-0.05, 0) is 48.1 Å². The number of imidazole rings is 1. The topological polar surface area (TPSA) is 134 Å².